The van der Waals surface area contributed by atoms with Gasteiger partial charge in [0.15, 0.2) is 0 Å². The second-order valence-electron chi connectivity index (χ2n) is 3.92. The predicted octanol–water partition coefficient (Wildman–Crippen LogP) is 0.448. The summed E-state index contributed by atoms with van der Waals surface area (Å²) in [5.74, 6) is 1.34. The van der Waals surface area contributed by atoms with E-state index in [-0.39, 0.29) is 11.7 Å². The monoisotopic (exact) mass is 224 g/mol. The van der Waals surface area contributed by atoms with Crippen molar-refractivity contribution in [3.05, 3.63) is 11.6 Å². The zero-order valence-corrected chi connectivity index (χ0v) is 9.32. The summed E-state index contributed by atoms with van der Waals surface area (Å²) in [5, 5.41) is 9.44. The average Bonchev–Trinajstić information content (AvgIpc) is 3.02. The molecule has 0 atom stereocenters. The van der Waals surface area contributed by atoms with Crippen LogP contribution in [0.5, 0.6) is 0 Å². The number of rotatable bonds is 6. The SMILES string of the molecule is COCCCNC(=O)c1n[nH]c(C2CC2)n1. The van der Waals surface area contributed by atoms with Crippen LogP contribution < -0.4 is 5.32 Å². The highest BCUT2D eigenvalue weighted by molar-refractivity contribution is 5.90. The maximum atomic E-state index is 11.6. The average molecular weight is 224 g/mol. The third kappa shape index (κ3) is 2.79. The van der Waals surface area contributed by atoms with Gasteiger partial charge in [-0.25, -0.2) is 4.98 Å². The summed E-state index contributed by atoms with van der Waals surface area (Å²) in [7, 11) is 1.64. The quantitative estimate of drug-likeness (QED) is 0.687. The van der Waals surface area contributed by atoms with E-state index in [4.69, 9.17) is 4.74 Å². The molecule has 2 N–H and O–H groups in total. The fourth-order valence-corrected chi connectivity index (χ4v) is 1.41. The van der Waals surface area contributed by atoms with E-state index in [1.54, 1.807) is 7.11 Å². The number of nitrogens with zero attached hydrogens (tertiary/aromatic N) is 2. The number of aromatic nitrogens is 3. The molecule has 0 saturated heterocycles. The smallest absolute Gasteiger partial charge is 0.290 e. The molecule has 0 aliphatic heterocycles. The molecule has 1 aromatic rings. The summed E-state index contributed by atoms with van der Waals surface area (Å²) in [5.41, 5.74) is 0. The summed E-state index contributed by atoms with van der Waals surface area (Å²) >= 11 is 0. The van der Waals surface area contributed by atoms with Gasteiger partial charge in [-0.05, 0) is 19.3 Å². The van der Waals surface area contributed by atoms with Crippen LogP contribution in [0.2, 0.25) is 0 Å². The third-order valence-corrected chi connectivity index (χ3v) is 2.48. The Kier molecular flexibility index (Phi) is 3.51. The summed E-state index contributed by atoms with van der Waals surface area (Å²) in [6.45, 7) is 1.22. The molecule has 1 fully saturated rings. The maximum absolute atomic E-state index is 11.6. The third-order valence-electron chi connectivity index (χ3n) is 2.48. The van der Waals surface area contributed by atoms with Crippen molar-refractivity contribution in [2.75, 3.05) is 20.3 Å². The molecule has 0 spiro atoms. The Morgan fingerprint density at radius 3 is 3.12 bits per heavy atom. The number of carbonyl (C=O) groups is 1. The first-order chi connectivity index (χ1) is 7.81. The van der Waals surface area contributed by atoms with Gasteiger partial charge in [-0.15, -0.1) is 5.10 Å². The molecule has 0 radical (unpaired) electrons. The van der Waals surface area contributed by atoms with Gasteiger partial charge in [0.05, 0.1) is 0 Å². The molecular formula is C10H16N4O2. The van der Waals surface area contributed by atoms with Gasteiger partial charge in [0.1, 0.15) is 5.82 Å². The number of amides is 1. The molecule has 1 heterocycles. The Balaban J connectivity index is 1.78. The maximum Gasteiger partial charge on any atom is 0.290 e. The van der Waals surface area contributed by atoms with Crippen molar-refractivity contribution < 1.29 is 9.53 Å². The van der Waals surface area contributed by atoms with Crippen LogP contribution in [0.15, 0.2) is 0 Å². The van der Waals surface area contributed by atoms with E-state index in [2.05, 4.69) is 20.5 Å². The van der Waals surface area contributed by atoms with Crippen LogP contribution in [0.1, 0.15) is 41.6 Å². The first kappa shape index (κ1) is 11.1. The van der Waals surface area contributed by atoms with Gasteiger partial charge in [-0.2, -0.15) is 0 Å². The molecule has 2 rings (SSSR count). The van der Waals surface area contributed by atoms with Crippen LogP contribution in [0, 0.1) is 0 Å². The number of hydrogen-bond acceptors (Lipinski definition) is 4. The Hall–Kier alpha value is -1.43. The predicted molar refractivity (Wildman–Crippen MR) is 57.2 cm³/mol. The highest BCUT2D eigenvalue weighted by Crippen LogP contribution is 2.37. The number of H-pyrrole nitrogens is 1. The van der Waals surface area contributed by atoms with E-state index in [9.17, 15) is 4.79 Å². The normalized spacial score (nSPS) is 15.1. The van der Waals surface area contributed by atoms with Crippen LogP contribution in [0.3, 0.4) is 0 Å². The van der Waals surface area contributed by atoms with Gasteiger partial charge in [0.25, 0.3) is 5.91 Å². The van der Waals surface area contributed by atoms with E-state index in [0.29, 0.717) is 19.1 Å². The van der Waals surface area contributed by atoms with Crippen LogP contribution in [0.4, 0.5) is 0 Å². The fourth-order valence-electron chi connectivity index (χ4n) is 1.41. The molecule has 1 aliphatic rings. The number of ether oxygens (including phenoxy) is 1. The molecule has 1 aliphatic carbocycles. The molecule has 0 aromatic carbocycles. The van der Waals surface area contributed by atoms with E-state index >= 15 is 0 Å². The molecule has 88 valence electrons. The van der Waals surface area contributed by atoms with Gasteiger partial charge in [-0.1, -0.05) is 0 Å². The lowest BCUT2D eigenvalue weighted by Crippen LogP contribution is -2.26. The summed E-state index contributed by atoms with van der Waals surface area (Å²) < 4.78 is 4.88. The minimum atomic E-state index is -0.223. The minimum absolute atomic E-state index is 0.223. The Morgan fingerprint density at radius 2 is 2.44 bits per heavy atom. The zero-order chi connectivity index (χ0) is 11.4. The topological polar surface area (TPSA) is 79.9 Å². The molecule has 6 nitrogen and oxygen atoms in total. The number of aromatic amines is 1. The van der Waals surface area contributed by atoms with E-state index in [0.717, 1.165) is 25.1 Å². The van der Waals surface area contributed by atoms with Crippen LogP contribution in [-0.4, -0.2) is 41.3 Å². The largest absolute Gasteiger partial charge is 0.385 e. The van der Waals surface area contributed by atoms with Crippen molar-refractivity contribution in [3.8, 4) is 0 Å². The second kappa shape index (κ2) is 5.07. The van der Waals surface area contributed by atoms with E-state index < -0.39 is 0 Å². The van der Waals surface area contributed by atoms with Gasteiger partial charge >= 0.3 is 0 Å². The second-order valence-corrected chi connectivity index (χ2v) is 3.92. The van der Waals surface area contributed by atoms with Gasteiger partial charge in [0.2, 0.25) is 5.82 Å². The molecular weight excluding hydrogens is 208 g/mol. The lowest BCUT2D eigenvalue weighted by molar-refractivity contribution is 0.0938. The van der Waals surface area contributed by atoms with Crippen LogP contribution in [0.25, 0.3) is 0 Å². The van der Waals surface area contributed by atoms with E-state index in [1.165, 1.54) is 0 Å². The minimum Gasteiger partial charge on any atom is -0.385 e. The summed E-state index contributed by atoms with van der Waals surface area (Å²) in [6.07, 6.45) is 3.08. The van der Waals surface area contributed by atoms with E-state index in [1.807, 2.05) is 0 Å². The van der Waals surface area contributed by atoms with Crippen molar-refractivity contribution in [3.63, 3.8) is 0 Å². The first-order valence-electron chi connectivity index (χ1n) is 5.50. The molecule has 1 amide bonds. The van der Waals surface area contributed by atoms with Crippen molar-refractivity contribution >= 4 is 5.91 Å². The highest BCUT2D eigenvalue weighted by Gasteiger charge is 2.28. The standard InChI is InChI=1S/C10H16N4O2/c1-16-6-2-5-11-10(15)9-12-8(13-14-9)7-3-4-7/h7H,2-6H2,1H3,(H,11,15)(H,12,13,14). The summed E-state index contributed by atoms with van der Waals surface area (Å²) in [4.78, 5) is 15.7. The van der Waals surface area contributed by atoms with Crippen molar-refractivity contribution in [1.82, 2.24) is 20.5 Å². The van der Waals surface area contributed by atoms with Crippen molar-refractivity contribution in [2.45, 2.75) is 25.2 Å². The van der Waals surface area contributed by atoms with Crippen molar-refractivity contribution in [2.24, 2.45) is 0 Å². The first-order valence-corrected chi connectivity index (χ1v) is 5.50. The lowest BCUT2D eigenvalue weighted by Gasteiger charge is -2.00. The van der Waals surface area contributed by atoms with Crippen LogP contribution in [-0.2, 0) is 4.74 Å². The summed E-state index contributed by atoms with van der Waals surface area (Å²) in [6, 6.07) is 0. The van der Waals surface area contributed by atoms with Gasteiger partial charge in [0, 0.05) is 26.2 Å². The number of methoxy groups -OCH3 is 1. The van der Waals surface area contributed by atoms with Crippen LogP contribution >= 0.6 is 0 Å². The van der Waals surface area contributed by atoms with Gasteiger partial charge in [-0.3, -0.25) is 9.89 Å². The van der Waals surface area contributed by atoms with Gasteiger partial charge < -0.3 is 10.1 Å². The Bertz CT molecular complexity index is 359. The molecule has 0 bridgehead atoms. The zero-order valence-electron chi connectivity index (χ0n) is 9.32. The number of hydrogen-bond donors (Lipinski definition) is 2. The molecule has 16 heavy (non-hydrogen) atoms. The van der Waals surface area contributed by atoms with Crippen molar-refractivity contribution in [1.29, 1.82) is 0 Å². The Morgan fingerprint density at radius 1 is 1.62 bits per heavy atom. The fraction of sp³-hybridized carbons (Fsp3) is 0.700. The molecule has 1 aromatic heterocycles. The number of nitrogens with one attached hydrogen (secondary N) is 2. The molecule has 0 unspecified atom stereocenters. The highest BCUT2D eigenvalue weighted by atomic mass is 16.5. The molecule has 6 heteroatoms. The number of carbonyl (C=O) groups excluding carboxylic acids is 1. The lowest BCUT2D eigenvalue weighted by atomic mass is 10.4. The Labute approximate surface area is 93.8 Å². The molecule has 1 saturated carbocycles.